The lowest BCUT2D eigenvalue weighted by Gasteiger charge is -2.24. The quantitative estimate of drug-likeness (QED) is 0.714. The number of fused-ring (bicyclic) bond motifs is 1. The highest BCUT2D eigenvalue weighted by Gasteiger charge is 2.21. The molecule has 0 aliphatic heterocycles. The predicted octanol–water partition coefficient (Wildman–Crippen LogP) is 4.42. The van der Waals surface area contributed by atoms with Gasteiger partial charge in [0.25, 0.3) is 0 Å². The summed E-state index contributed by atoms with van der Waals surface area (Å²) in [4.78, 5) is 4.73. The summed E-state index contributed by atoms with van der Waals surface area (Å²) in [6, 6.07) is 6.44. The van der Waals surface area contributed by atoms with E-state index in [0.29, 0.717) is 18.4 Å². The van der Waals surface area contributed by atoms with Crippen molar-refractivity contribution in [2.24, 2.45) is 5.92 Å². The standard InChI is InChI=1S/C15H20BrClN2O/c1-10(2)14(9-20-3)19-13-8-11(16)4-5-12(13)18-15(19)6-7-17/h4-5,8,10,14H,6-7,9H2,1-3H3. The normalized spacial score (nSPS) is 13.3. The number of aryl methyl sites for hydroxylation is 1. The van der Waals surface area contributed by atoms with E-state index in [1.807, 2.05) is 12.1 Å². The first-order chi connectivity index (χ1) is 9.58. The first-order valence-corrected chi connectivity index (χ1v) is 8.12. The number of benzene rings is 1. The second kappa shape index (κ2) is 6.92. The molecule has 0 bridgehead atoms. The number of halogens is 2. The van der Waals surface area contributed by atoms with Crippen LogP contribution < -0.4 is 0 Å². The fourth-order valence-corrected chi connectivity index (χ4v) is 3.00. The Balaban J connectivity index is 2.61. The highest BCUT2D eigenvalue weighted by molar-refractivity contribution is 9.10. The lowest BCUT2D eigenvalue weighted by molar-refractivity contribution is 0.133. The summed E-state index contributed by atoms with van der Waals surface area (Å²) in [5.41, 5.74) is 2.14. The van der Waals surface area contributed by atoms with Crippen LogP contribution in [0.4, 0.5) is 0 Å². The highest BCUT2D eigenvalue weighted by Crippen LogP contribution is 2.29. The Labute approximate surface area is 133 Å². The molecule has 0 saturated heterocycles. The van der Waals surface area contributed by atoms with E-state index in [1.165, 1.54) is 0 Å². The minimum Gasteiger partial charge on any atom is -0.383 e. The van der Waals surface area contributed by atoms with Crippen molar-refractivity contribution < 1.29 is 4.74 Å². The zero-order chi connectivity index (χ0) is 14.7. The molecule has 0 aliphatic carbocycles. The maximum absolute atomic E-state index is 5.93. The van der Waals surface area contributed by atoms with Gasteiger partial charge in [0.2, 0.25) is 0 Å². The predicted molar refractivity (Wildman–Crippen MR) is 87.6 cm³/mol. The third kappa shape index (κ3) is 3.18. The lowest BCUT2D eigenvalue weighted by Crippen LogP contribution is -2.22. The number of rotatable bonds is 6. The van der Waals surface area contributed by atoms with Gasteiger partial charge in [-0.15, -0.1) is 11.6 Å². The van der Waals surface area contributed by atoms with E-state index in [1.54, 1.807) is 7.11 Å². The number of imidazole rings is 1. The first kappa shape index (κ1) is 15.8. The largest absolute Gasteiger partial charge is 0.383 e. The molecule has 5 heteroatoms. The number of nitrogens with zero attached hydrogens (tertiary/aromatic N) is 2. The second-order valence-corrected chi connectivity index (χ2v) is 6.53. The van der Waals surface area contributed by atoms with E-state index < -0.39 is 0 Å². The van der Waals surface area contributed by atoms with Gasteiger partial charge in [-0.05, 0) is 24.1 Å². The Morgan fingerprint density at radius 2 is 2.15 bits per heavy atom. The first-order valence-electron chi connectivity index (χ1n) is 6.79. The van der Waals surface area contributed by atoms with Crippen molar-refractivity contribution in [2.75, 3.05) is 19.6 Å². The topological polar surface area (TPSA) is 27.1 Å². The molecule has 3 nitrogen and oxygen atoms in total. The van der Waals surface area contributed by atoms with Crippen LogP contribution in [0.15, 0.2) is 22.7 Å². The molecular weight excluding hydrogens is 340 g/mol. The molecular formula is C15H20BrClN2O. The number of ether oxygens (including phenoxy) is 1. The van der Waals surface area contributed by atoms with Crippen molar-refractivity contribution in [2.45, 2.75) is 26.3 Å². The van der Waals surface area contributed by atoms with E-state index >= 15 is 0 Å². The molecule has 2 aromatic rings. The summed E-state index contributed by atoms with van der Waals surface area (Å²) in [5, 5.41) is 0. The molecule has 0 spiro atoms. The van der Waals surface area contributed by atoms with Gasteiger partial charge in [-0.3, -0.25) is 0 Å². The molecule has 0 N–H and O–H groups in total. The summed E-state index contributed by atoms with van der Waals surface area (Å²) < 4.78 is 8.76. The lowest BCUT2D eigenvalue weighted by atomic mass is 10.0. The molecule has 20 heavy (non-hydrogen) atoms. The van der Waals surface area contributed by atoms with Crippen molar-refractivity contribution in [3.05, 3.63) is 28.5 Å². The Bertz CT molecular complexity index is 583. The van der Waals surface area contributed by atoms with Crippen LogP contribution >= 0.6 is 27.5 Å². The average Bonchev–Trinajstić information content (AvgIpc) is 2.73. The molecule has 1 aromatic heterocycles. The van der Waals surface area contributed by atoms with Gasteiger partial charge in [-0.25, -0.2) is 4.98 Å². The van der Waals surface area contributed by atoms with Crippen molar-refractivity contribution in [1.29, 1.82) is 0 Å². The second-order valence-electron chi connectivity index (χ2n) is 5.24. The third-order valence-electron chi connectivity index (χ3n) is 3.48. The summed E-state index contributed by atoms with van der Waals surface area (Å²) in [7, 11) is 1.74. The number of methoxy groups -OCH3 is 1. The van der Waals surface area contributed by atoms with Gasteiger partial charge in [0, 0.05) is 23.9 Å². The monoisotopic (exact) mass is 358 g/mol. The molecule has 0 fully saturated rings. The minimum absolute atomic E-state index is 0.262. The number of hydrogen-bond donors (Lipinski definition) is 0. The van der Waals surface area contributed by atoms with Crippen molar-refractivity contribution in [3.8, 4) is 0 Å². The maximum atomic E-state index is 5.93. The molecule has 0 amide bonds. The molecule has 0 saturated carbocycles. The zero-order valence-corrected chi connectivity index (χ0v) is 14.4. The summed E-state index contributed by atoms with van der Waals surface area (Å²) in [5.74, 6) is 2.06. The molecule has 1 aromatic carbocycles. The fraction of sp³-hybridized carbons (Fsp3) is 0.533. The highest BCUT2D eigenvalue weighted by atomic mass is 79.9. The molecule has 1 unspecified atom stereocenters. The van der Waals surface area contributed by atoms with Gasteiger partial charge in [0.05, 0.1) is 23.7 Å². The van der Waals surface area contributed by atoms with Crippen LogP contribution in [0.25, 0.3) is 11.0 Å². The van der Waals surface area contributed by atoms with Gasteiger partial charge in [0.15, 0.2) is 0 Å². The van der Waals surface area contributed by atoms with E-state index in [4.69, 9.17) is 21.3 Å². The van der Waals surface area contributed by atoms with Crippen LogP contribution in [0.1, 0.15) is 25.7 Å². The van der Waals surface area contributed by atoms with Gasteiger partial charge in [0.1, 0.15) is 5.82 Å². The van der Waals surface area contributed by atoms with E-state index in [2.05, 4.69) is 40.4 Å². The third-order valence-corrected chi connectivity index (χ3v) is 4.16. The Morgan fingerprint density at radius 3 is 2.75 bits per heavy atom. The van der Waals surface area contributed by atoms with Crippen LogP contribution in [-0.2, 0) is 11.2 Å². The maximum Gasteiger partial charge on any atom is 0.111 e. The van der Waals surface area contributed by atoms with Gasteiger partial charge >= 0.3 is 0 Å². The Hall–Kier alpha value is -0.580. The van der Waals surface area contributed by atoms with Crippen LogP contribution in [-0.4, -0.2) is 29.1 Å². The number of aromatic nitrogens is 2. The molecule has 1 heterocycles. The van der Waals surface area contributed by atoms with E-state index in [0.717, 1.165) is 27.8 Å². The Morgan fingerprint density at radius 1 is 1.40 bits per heavy atom. The number of alkyl halides is 1. The van der Waals surface area contributed by atoms with Crippen molar-refractivity contribution in [1.82, 2.24) is 9.55 Å². The van der Waals surface area contributed by atoms with Crippen LogP contribution in [0.2, 0.25) is 0 Å². The summed E-state index contributed by atoms with van der Waals surface area (Å²) in [6.45, 7) is 5.08. The molecule has 110 valence electrons. The molecule has 2 rings (SSSR count). The minimum atomic E-state index is 0.262. The summed E-state index contributed by atoms with van der Waals surface area (Å²) in [6.07, 6.45) is 0.765. The molecule has 0 radical (unpaired) electrons. The molecule has 1 atom stereocenters. The van der Waals surface area contributed by atoms with Crippen LogP contribution in [0.3, 0.4) is 0 Å². The SMILES string of the molecule is COCC(C(C)C)n1c(CCCl)nc2ccc(Br)cc21. The smallest absolute Gasteiger partial charge is 0.111 e. The number of hydrogen-bond acceptors (Lipinski definition) is 2. The van der Waals surface area contributed by atoms with Gasteiger partial charge in [-0.1, -0.05) is 29.8 Å². The molecule has 0 aliphatic rings. The van der Waals surface area contributed by atoms with Gasteiger partial charge in [-0.2, -0.15) is 0 Å². The van der Waals surface area contributed by atoms with Crippen LogP contribution in [0.5, 0.6) is 0 Å². The zero-order valence-electron chi connectivity index (χ0n) is 12.1. The van der Waals surface area contributed by atoms with Crippen LogP contribution in [0, 0.1) is 5.92 Å². The van der Waals surface area contributed by atoms with Crippen molar-refractivity contribution in [3.63, 3.8) is 0 Å². The van der Waals surface area contributed by atoms with Crippen molar-refractivity contribution >= 4 is 38.6 Å². The van der Waals surface area contributed by atoms with Gasteiger partial charge < -0.3 is 9.30 Å². The Kier molecular flexibility index (Phi) is 5.47. The van der Waals surface area contributed by atoms with E-state index in [-0.39, 0.29) is 6.04 Å². The fourth-order valence-electron chi connectivity index (χ4n) is 2.48. The summed E-state index contributed by atoms with van der Waals surface area (Å²) >= 11 is 9.48. The average molecular weight is 360 g/mol. The van der Waals surface area contributed by atoms with E-state index in [9.17, 15) is 0 Å².